The molecule has 4 nitrogen and oxygen atoms in total. The van der Waals surface area contributed by atoms with E-state index in [2.05, 4.69) is 22.5 Å². The monoisotopic (exact) mass is 321 g/mol. The first kappa shape index (κ1) is 17.4. The molecule has 0 aliphatic heterocycles. The second-order valence-electron chi connectivity index (χ2n) is 5.59. The van der Waals surface area contributed by atoms with Crippen molar-refractivity contribution >= 4 is 11.7 Å². The molecule has 2 amide bonds. The smallest absolute Gasteiger partial charge is 0.315 e. The fourth-order valence-corrected chi connectivity index (χ4v) is 2.14. The summed E-state index contributed by atoms with van der Waals surface area (Å²) in [6, 6.07) is 17.9. The van der Waals surface area contributed by atoms with Crippen molar-refractivity contribution in [1.82, 2.24) is 10.6 Å². The first-order valence-corrected chi connectivity index (χ1v) is 7.97. The molecule has 0 aliphatic rings. The van der Waals surface area contributed by atoms with E-state index >= 15 is 0 Å². The number of nitrogens with one attached hydrogen (secondary N) is 2. The van der Waals surface area contributed by atoms with Crippen molar-refractivity contribution in [2.24, 2.45) is 0 Å². The number of rotatable bonds is 5. The van der Waals surface area contributed by atoms with Gasteiger partial charge >= 0.3 is 6.03 Å². The Morgan fingerprint density at radius 1 is 1.00 bits per heavy atom. The molecule has 0 fully saturated rings. The van der Waals surface area contributed by atoms with Crippen LogP contribution in [0.4, 0.5) is 10.5 Å². The predicted octanol–water partition coefficient (Wildman–Crippen LogP) is 2.65. The minimum absolute atomic E-state index is 0.191. The van der Waals surface area contributed by atoms with Crippen LogP contribution in [0.3, 0.4) is 0 Å². The lowest BCUT2D eigenvalue weighted by Gasteiger charge is -2.11. The lowest BCUT2D eigenvalue weighted by Crippen LogP contribution is -2.36. The molecule has 0 atom stereocenters. The quantitative estimate of drug-likeness (QED) is 0.832. The van der Waals surface area contributed by atoms with E-state index < -0.39 is 0 Å². The minimum Gasteiger partial charge on any atom is -0.378 e. The van der Waals surface area contributed by atoms with Gasteiger partial charge in [-0.1, -0.05) is 42.2 Å². The van der Waals surface area contributed by atoms with E-state index in [0.29, 0.717) is 13.1 Å². The first-order valence-electron chi connectivity index (χ1n) is 7.97. The Balaban J connectivity index is 1.67. The molecule has 124 valence electrons. The summed E-state index contributed by atoms with van der Waals surface area (Å²) in [5, 5.41) is 5.56. The molecule has 0 radical (unpaired) electrons. The van der Waals surface area contributed by atoms with Gasteiger partial charge in [-0.2, -0.15) is 0 Å². The van der Waals surface area contributed by atoms with E-state index in [-0.39, 0.29) is 6.03 Å². The highest BCUT2D eigenvalue weighted by Crippen LogP contribution is 2.11. The van der Waals surface area contributed by atoms with E-state index in [1.165, 1.54) is 5.56 Å². The molecule has 0 bridgehead atoms. The summed E-state index contributed by atoms with van der Waals surface area (Å²) in [5.74, 6) is 5.99. The molecule has 0 aromatic heterocycles. The Bertz CT molecular complexity index is 697. The maximum atomic E-state index is 11.7. The van der Waals surface area contributed by atoms with Crippen molar-refractivity contribution in [2.45, 2.75) is 6.42 Å². The van der Waals surface area contributed by atoms with Crippen LogP contribution in [0.25, 0.3) is 0 Å². The predicted molar refractivity (Wildman–Crippen MR) is 99.2 cm³/mol. The number of urea groups is 1. The zero-order valence-corrected chi connectivity index (χ0v) is 14.2. The van der Waals surface area contributed by atoms with Crippen LogP contribution in [0.15, 0.2) is 54.6 Å². The summed E-state index contributed by atoms with van der Waals surface area (Å²) in [7, 11) is 4.00. The van der Waals surface area contributed by atoms with Gasteiger partial charge in [0.25, 0.3) is 0 Å². The summed E-state index contributed by atoms with van der Waals surface area (Å²) in [6.07, 6.45) is 0.818. The summed E-state index contributed by atoms with van der Waals surface area (Å²) in [4.78, 5) is 13.7. The molecule has 2 rings (SSSR count). The number of amides is 2. The van der Waals surface area contributed by atoms with E-state index in [0.717, 1.165) is 17.7 Å². The third-order valence-corrected chi connectivity index (χ3v) is 3.50. The Kier molecular flexibility index (Phi) is 6.73. The maximum absolute atomic E-state index is 11.7. The van der Waals surface area contributed by atoms with Gasteiger partial charge in [-0.15, -0.1) is 0 Å². The fourth-order valence-electron chi connectivity index (χ4n) is 2.14. The maximum Gasteiger partial charge on any atom is 0.315 e. The molecule has 2 aromatic carbocycles. The van der Waals surface area contributed by atoms with Gasteiger partial charge in [0, 0.05) is 31.9 Å². The van der Waals surface area contributed by atoms with Crippen LogP contribution in [0.5, 0.6) is 0 Å². The van der Waals surface area contributed by atoms with Crippen molar-refractivity contribution < 1.29 is 4.79 Å². The van der Waals surface area contributed by atoms with E-state index in [9.17, 15) is 4.79 Å². The lowest BCUT2D eigenvalue weighted by atomic mass is 10.1. The Labute approximate surface area is 143 Å². The van der Waals surface area contributed by atoms with Gasteiger partial charge < -0.3 is 15.5 Å². The Morgan fingerprint density at radius 2 is 1.71 bits per heavy atom. The number of anilines is 1. The zero-order chi connectivity index (χ0) is 17.2. The van der Waals surface area contributed by atoms with Crippen molar-refractivity contribution in [2.75, 3.05) is 32.1 Å². The molecule has 2 N–H and O–H groups in total. The van der Waals surface area contributed by atoms with Crippen molar-refractivity contribution in [3.8, 4) is 11.8 Å². The van der Waals surface area contributed by atoms with Crippen LogP contribution in [-0.2, 0) is 6.42 Å². The highest BCUT2D eigenvalue weighted by Gasteiger charge is 1.98. The molecule has 0 spiro atoms. The van der Waals surface area contributed by atoms with Crippen molar-refractivity contribution in [1.29, 1.82) is 0 Å². The second kappa shape index (κ2) is 9.26. The van der Waals surface area contributed by atoms with Gasteiger partial charge in [0.15, 0.2) is 0 Å². The molecular weight excluding hydrogens is 298 g/mol. The van der Waals surface area contributed by atoms with Crippen molar-refractivity contribution in [3.63, 3.8) is 0 Å². The highest BCUT2D eigenvalue weighted by molar-refractivity contribution is 5.74. The summed E-state index contributed by atoms with van der Waals surface area (Å²) < 4.78 is 0. The largest absolute Gasteiger partial charge is 0.378 e. The molecule has 24 heavy (non-hydrogen) atoms. The lowest BCUT2D eigenvalue weighted by molar-refractivity contribution is 0.242. The highest BCUT2D eigenvalue weighted by atomic mass is 16.2. The molecule has 0 heterocycles. The standard InChI is InChI=1S/C20H23N3O/c1-23(2)19-12-10-18(11-13-19)9-6-15-21-20(24)22-16-14-17-7-4-3-5-8-17/h3-5,7-8,10-13H,14-16H2,1-2H3,(H2,21,22,24). The molecule has 0 saturated carbocycles. The summed E-state index contributed by atoms with van der Waals surface area (Å²) in [6.45, 7) is 0.932. The molecule has 4 heteroatoms. The van der Waals surface area contributed by atoms with Gasteiger partial charge in [0.1, 0.15) is 0 Å². The normalized spacial score (nSPS) is 9.58. The number of carbonyl (C=O) groups excluding carboxylic acids is 1. The topological polar surface area (TPSA) is 44.4 Å². The van der Waals surface area contributed by atoms with Crippen LogP contribution in [-0.4, -0.2) is 33.2 Å². The zero-order valence-electron chi connectivity index (χ0n) is 14.2. The molecule has 0 unspecified atom stereocenters. The van der Waals surface area contributed by atoms with E-state index in [4.69, 9.17) is 0 Å². The first-order chi connectivity index (χ1) is 11.6. The van der Waals surface area contributed by atoms with Gasteiger partial charge in [0.05, 0.1) is 6.54 Å². The second-order valence-corrected chi connectivity index (χ2v) is 5.59. The summed E-state index contributed by atoms with van der Waals surface area (Å²) >= 11 is 0. The van der Waals surface area contributed by atoms with Crippen LogP contribution in [0, 0.1) is 11.8 Å². The van der Waals surface area contributed by atoms with E-state index in [1.54, 1.807) is 0 Å². The average Bonchev–Trinajstić information content (AvgIpc) is 2.60. The number of carbonyl (C=O) groups is 1. The van der Waals surface area contributed by atoms with Crippen LogP contribution in [0.1, 0.15) is 11.1 Å². The number of nitrogens with zero attached hydrogens (tertiary/aromatic N) is 1. The van der Waals surface area contributed by atoms with Crippen LogP contribution < -0.4 is 15.5 Å². The molecule has 2 aromatic rings. The van der Waals surface area contributed by atoms with Gasteiger partial charge in [-0.05, 0) is 36.2 Å². The fraction of sp³-hybridized carbons (Fsp3) is 0.250. The molecule has 0 aliphatic carbocycles. The summed E-state index contributed by atoms with van der Waals surface area (Å²) in [5.41, 5.74) is 3.28. The van der Waals surface area contributed by atoms with Crippen LogP contribution >= 0.6 is 0 Å². The Hall–Kier alpha value is -2.93. The van der Waals surface area contributed by atoms with E-state index in [1.807, 2.05) is 73.6 Å². The number of benzene rings is 2. The molecule has 0 saturated heterocycles. The van der Waals surface area contributed by atoms with Crippen LogP contribution in [0.2, 0.25) is 0 Å². The number of hydrogen-bond donors (Lipinski definition) is 2. The third kappa shape index (κ3) is 6.05. The molecular formula is C20H23N3O. The van der Waals surface area contributed by atoms with Gasteiger partial charge in [-0.3, -0.25) is 0 Å². The van der Waals surface area contributed by atoms with Gasteiger partial charge in [-0.25, -0.2) is 4.79 Å². The average molecular weight is 321 g/mol. The third-order valence-electron chi connectivity index (χ3n) is 3.50. The van der Waals surface area contributed by atoms with Gasteiger partial charge in [0.2, 0.25) is 0 Å². The van der Waals surface area contributed by atoms with Crippen molar-refractivity contribution in [3.05, 3.63) is 65.7 Å². The Morgan fingerprint density at radius 3 is 2.38 bits per heavy atom. The number of hydrogen-bond acceptors (Lipinski definition) is 2. The minimum atomic E-state index is -0.191. The SMILES string of the molecule is CN(C)c1ccc(C#CCNC(=O)NCCc2ccccc2)cc1.